The van der Waals surface area contributed by atoms with Gasteiger partial charge in [-0.3, -0.25) is 0 Å². The number of hydrogen-bond donors (Lipinski definition) is 0. The molecule has 2 aromatic carbocycles. The molecule has 0 bridgehead atoms. The molecule has 2 heterocycles. The van der Waals surface area contributed by atoms with Gasteiger partial charge >= 0.3 is 18.5 Å². The van der Waals surface area contributed by atoms with Crippen molar-refractivity contribution in [3.63, 3.8) is 0 Å². The summed E-state index contributed by atoms with van der Waals surface area (Å²) in [4.78, 5) is 28.6. The van der Waals surface area contributed by atoms with Crippen molar-refractivity contribution in [1.82, 2.24) is 24.8 Å². The molecule has 0 saturated carbocycles. The van der Waals surface area contributed by atoms with E-state index in [1.54, 1.807) is 9.80 Å². The lowest BCUT2D eigenvalue weighted by molar-refractivity contribution is -0.274. The van der Waals surface area contributed by atoms with Crippen molar-refractivity contribution in [3.8, 4) is 17.0 Å². The Morgan fingerprint density at radius 3 is 2.43 bits per heavy atom. The normalized spacial score (nSPS) is 16.2. The molecular weight excluding hydrogens is 467 g/mol. The van der Waals surface area contributed by atoms with Crippen LogP contribution in [0.3, 0.4) is 0 Å². The number of carbonyl (C=O) groups excluding carboxylic acids is 2. The summed E-state index contributed by atoms with van der Waals surface area (Å²) in [5, 5.41) is 7.91. The topological polar surface area (TPSA) is 89.8 Å². The molecule has 184 valence electrons. The van der Waals surface area contributed by atoms with Crippen LogP contribution in [0, 0.1) is 0 Å². The van der Waals surface area contributed by atoms with E-state index in [1.807, 2.05) is 30.3 Å². The van der Waals surface area contributed by atoms with Gasteiger partial charge in [-0.15, -0.1) is 18.3 Å². The average Bonchev–Trinajstić information content (AvgIpc) is 3.33. The first kappa shape index (κ1) is 24.0. The molecule has 1 unspecified atom stereocenters. The molecule has 0 radical (unpaired) electrons. The number of rotatable bonds is 4. The van der Waals surface area contributed by atoms with Gasteiger partial charge in [-0.1, -0.05) is 35.5 Å². The van der Waals surface area contributed by atoms with Crippen molar-refractivity contribution >= 4 is 12.1 Å². The maximum atomic E-state index is 13.3. The number of nitrogens with zero attached hydrogens (tertiary/aromatic N) is 5. The fraction of sp³-hybridized carbons (Fsp3) is 0.304. The second-order valence-electron chi connectivity index (χ2n) is 7.86. The Balaban J connectivity index is 1.51. The Morgan fingerprint density at radius 2 is 1.77 bits per heavy atom. The van der Waals surface area contributed by atoms with Crippen LogP contribution in [0.5, 0.6) is 5.75 Å². The first-order valence-electron chi connectivity index (χ1n) is 10.7. The predicted molar refractivity (Wildman–Crippen MR) is 118 cm³/mol. The molecule has 1 aliphatic rings. The smallest absolute Gasteiger partial charge is 0.453 e. The largest absolute Gasteiger partial charge is 0.573 e. The summed E-state index contributed by atoms with van der Waals surface area (Å²) in [6, 6.07) is 13.9. The highest BCUT2D eigenvalue weighted by atomic mass is 19.4. The molecule has 1 atom stereocenters. The van der Waals surface area contributed by atoms with Gasteiger partial charge < -0.3 is 19.3 Å². The summed E-state index contributed by atoms with van der Waals surface area (Å²) in [5.41, 5.74) is 1.78. The monoisotopic (exact) mass is 489 g/mol. The highest BCUT2D eigenvalue weighted by molar-refractivity contribution is 5.78. The van der Waals surface area contributed by atoms with Crippen molar-refractivity contribution in [3.05, 3.63) is 66.4 Å². The summed E-state index contributed by atoms with van der Waals surface area (Å²) < 4.78 is 46.9. The number of hydrogen-bond acceptors (Lipinski definition) is 6. The second kappa shape index (κ2) is 10.0. The Hall–Kier alpha value is -4.09. The second-order valence-corrected chi connectivity index (χ2v) is 7.86. The summed E-state index contributed by atoms with van der Waals surface area (Å²) in [6.07, 6.45) is -3.32. The third kappa shape index (κ3) is 5.89. The van der Waals surface area contributed by atoms with E-state index in [-0.39, 0.29) is 24.9 Å². The zero-order valence-corrected chi connectivity index (χ0v) is 18.7. The highest BCUT2D eigenvalue weighted by Gasteiger charge is 2.34. The maximum Gasteiger partial charge on any atom is 0.573 e. The molecule has 0 spiro atoms. The van der Waals surface area contributed by atoms with Crippen LogP contribution in [0.15, 0.2) is 60.8 Å². The lowest BCUT2D eigenvalue weighted by Gasteiger charge is -2.40. The molecule has 12 heteroatoms. The number of amides is 2. The van der Waals surface area contributed by atoms with Crippen molar-refractivity contribution in [2.75, 3.05) is 26.7 Å². The summed E-state index contributed by atoms with van der Waals surface area (Å²) >= 11 is 0. The first-order valence-corrected chi connectivity index (χ1v) is 10.7. The zero-order chi connectivity index (χ0) is 25.0. The maximum absolute atomic E-state index is 13.3. The number of aromatic nitrogens is 3. The molecular formula is C23H22F3N5O4. The fourth-order valence-corrected chi connectivity index (χ4v) is 3.91. The molecule has 0 aliphatic carbocycles. The van der Waals surface area contributed by atoms with Gasteiger partial charge in [0.2, 0.25) is 0 Å². The van der Waals surface area contributed by atoms with Crippen molar-refractivity contribution < 1.29 is 32.2 Å². The molecule has 35 heavy (non-hydrogen) atoms. The van der Waals surface area contributed by atoms with Crippen LogP contribution < -0.4 is 4.74 Å². The Bertz CT molecular complexity index is 1170. The van der Waals surface area contributed by atoms with E-state index in [2.05, 4.69) is 15.0 Å². The average molecular weight is 489 g/mol. The lowest BCUT2D eigenvalue weighted by Crippen LogP contribution is -2.58. The van der Waals surface area contributed by atoms with Crippen molar-refractivity contribution in [1.29, 1.82) is 0 Å². The van der Waals surface area contributed by atoms with Crippen molar-refractivity contribution in [2.45, 2.75) is 18.8 Å². The quantitative estimate of drug-likeness (QED) is 0.554. The number of methoxy groups -OCH3 is 1. The molecule has 1 saturated heterocycles. The SMILES string of the molecule is COC(=O)N1CCN(C(=O)n2cc(-c3ccc(OC(F)(F)F)cc3)nn2)C(Cc2ccccc2)C1. The van der Waals surface area contributed by atoms with Gasteiger partial charge in [-0.2, -0.15) is 4.68 Å². The van der Waals surface area contributed by atoms with Crippen LogP contribution in [0.2, 0.25) is 0 Å². The van der Waals surface area contributed by atoms with Gasteiger partial charge in [0, 0.05) is 25.2 Å². The minimum absolute atomic E-state index is 0.268. The van der Waals surface area contributed by atoms with Gasteiger partial charge in [0.05, 0.1) is 19.3 Å². The molecule has 4 rings (SSSR count). The van der Waals surface area contributed by atoms with E-state index in [0.717, 1.165) is 22.4 Å². The Morgan fingerprint density at radius 1 is 1.06 bits per heavy atom. The molecule has 9 nitrogen and oxygen atoms in total. The van der Waals surface area contributed by atoms with Gasteiger partial charge in [-0.25, -0.2) is 9.59 Å². The van der Waals surface area contributed by atoms with E-state index < -0.39 is 18.5 Å². The third-order valence-electron chi connectivity index (χ3n) is 5.55. The molecule has 3 aromatic rings. The van der Waals surface area contributed by atoms with Gasteiger partial charge in [0.25, 0.3) is 0 Å². The van der Waals surface area contributed by atoms with E-state index in [9.17, 15) is 22.8 Å². The van der Waals surface area contributed by atoms with Crippen LogP contribution >= 0.6 is 0 Å². The van der Waals surface area contributed by atoms with E-state index in [1.165, 1.54) is 25.4 Å². The highest BCUT2D eigenvalue weighted by Crippen LogP contribution is 2.26. The van der Waals surface area contributed by atoms with Gasteiger partial charge in [0.1, 0.15) is 11.4 Å². The van der Waals surface area contributed by atoms with Crippen LogP contribution in [0.25, 0.3) is 11.3 Å². The molecule has 1 fully saturated rings. The van der Waals surface area contributed by atoms with E-state index in [0.29, 0.717) is 24.2 Å². The Kier molecular flexibility index (Phi) is 6.90. The minimum atomic E-state index is -4.79. The predicted octanol–water partition coefficient (Wildman–Crippen LogP) is 3.81. The first-order chi connectivity index (χ1) is 16.7. The van der Waals surface area contributed by atoms with Crippen LogP contribution in [0.4, 0.5) is 22.8 Å². The molecule has 2 amide bonds. The summed E-state index contributed by atoms with van der Waals surface area (Å²) in [6.45, 7) is 0.853. The number of piperazine rings is 1. The third-order valence-corrected chi connectivity index (χ3v) is 5.55. The van der Waals surface area contributed by atoms with Crippen LogP contribution in [0.1, 0.15) is 5.56 Å². The molecule has 1 aromatic heterocycles. The summed E-state index contributed by atoms with van der Waals surface area (Å²) in [5.74, 6) is -0.364. The number of ether oxygens (including phenoxy) is 2. The number of alkyl halides is 3. The molecule has 1 aliphatic heterocycles. The van der Waals surface area contributed by atoms with Crippen molar-refractivity contribution in [2.24, 2.45) is 0 Å². The standard InChI is InChI=1S/C23H22F3N5O4/c1-34-22(33)29-11-12-30(18(14-29)13-16-5-3-2-4-6-16)21(32)31-15-20(27-28-31)17-7-9-19(10-8-17)35-23(24,25)26/h2-10,15,18H,11-14H2,1H3. The van der Waals surface area contributed by atoms with E-state index >= 15 is 0 Å². The fourth-order valence-electron chi connectivity index (χ4n) is 3.91. The number of carbonyl (C=O) groups is 2. The summed E-state index contributed by atoms with van der Waals surface area (Å²) in [7, 11) is 1.31. The van der Waals surface area contributed by atoms with Crippen LogP contribution in [-0.2, 0) is 11.2 Å². The van der Waals surface area contributed by atoms with Gasteiger partial charge in [0.15, 0.2) is 0 Å². The minimum Gasteiger partial charge on any atom is -0.453 e. The van der Waals surface area contributed by atoms with Crippen LogP contribution in [-0.4, -0.2) is 76.1 Å². The van der Waals surface area contributed by atoms with E-state index in [4.69, 9.17) is 4.74 Å². The number of benzene rings is 2. The lowest BCUT2D eigenvalue weighted by atomic mass is 10.0. The molecule has 0 N–H and O–H groups in total. The number of halogens is 3. The van der Waals surface area contributed by atoms with Gasteiger partial charge in [-0.05, 0) is 36.2 Å². The zero-order valence-electron chi connectivity index (χ0n) is 18.7. The Labute approximate surface area is 198 Å².